The highest BCUT2D eigenvalue weighted by Crippen LogP contribution is 2.31. The molecule has 0 N–H and O–H groups in total. The zero-order valence-electron chi connectivity index (χ0n) is 12.7. The highest BCUT2D eigenvalue weighted by molar-refractivity contribution is 7.85. The minimum absolute atomic E-state index is 0.169. The van der Waals surface area contributed by atoms with Gasteiger partial charge in [-0.05, 0) is 24.3 Å². The first-order valence-corrected chi connectivity index (χ1v) is 8.54. The van der Waals surface area contributed by atoms with Gasteiger partial charge in [0.15, 0.2) is 0 Å². The van der Waals surface area contributed by atoms with E-state index in [0.717, 1.165) is 12.1 Å². The van der Waals surface area contributed by atoms with Crippen molar-refractivity contribution in [1.82, 2.24) is 9.97 Å². The van der Waals surface area contributed by atoms with Crippen LogP contribution < -0.4 is 0 Å². The largest absolute Gasteiger partial charge is 0.416 e. The van der Waals surface area contributed by atoms with Crippen LogP contribution in [0.3, 0.4) is 0 Å². The normalized spacial score (nSPS) is 13.2. The fourth-order valence-electron chi connectivity index (χ4n) is 2.35. The van der Waals surface area contributed by atoms with Crippen molar-refractivity contribution in [1.29, 1.82) is 0 Å². The van der Waals surface area contributed by atoms with Crippen molar-refractivity contribution in [3.8, 4) is 11.3 Å². The highest BCUT2D eigenvalue weighted by Gasteiger charge is 2.30. The number of rotatable bonds is 3. The van der Waals surface area contributed by atoms with Crippen LogP contribution in [-0.2, 0) is 17.0 Å². The van der Waals surface area contributed by atoms with Crippen LogP contribution in [0, 0.1) is 0 Å². The van der Waals surface area contributed by atoms with Crippen molar-refractivity contribution in [2.45, 2.75) is 18.0 Å². The fourth-order valence-corrected chi connectivity index (χ4v) is 3.31. The van der Waals surface area contributed by atoms with Gasteiger partial charge in [0.1, 0.15) is 0 Å². The van der Waals surface area contributed by atoms with Crippen LogP contribution in [0.4, 0.5) is 13.2 Å². The Kier molecular flexibility index (Phi) is 4.36. The molecule has 0 aliphatic carbocycles. The van der Waals surface area contributed by atoms with E-state index in [1.165, 1.54) is 12.3 Å². The van der Waals surface area contributed by atoms with Crippen molar-refractivity contribution < 1.29 is 17.4 Å². The molecule has 0 aliphatic heterocycles. The first-order chi connectivity index (χ1) is 11.4. The van der Waals surface area contributed by atoms with E-state index in [2.05, 4.69) is 9.97 Å². The monoisotopic (exact) mass is 350 g/mol. The molecule has 3 rings (SSSR count). The Balaban J connectivity index is 2.11. The van der Waals surface area contributed by atoms with Gasteiger partial charge in [0.05, 0.1) is 39.3 Å². The molecule has 0 fully saturated rings. The van der Waals surface area contributed by atoms with Crippen molar-refractivity contribution in [3.05, 3.63) is 54.2 Å². The molecule has 24 heavy (non-hydrogen) atoms. The standard InChI is InChI=1S/C17H13F3N2OS/c1-2-24(23)16-6-4-3-5-12(16)15-10-21-14-9-11(17(18,19)20)7-8-13(14)22-15/h3-10H,2H2,1H3/t24-/m0/s1. The van der Waals surface area contributed by atoms with E-state index in [9.17, 15) is 17.4 Å². The highest BCUT2D eigenvalue weighted by atomic mass is 32.2. The van der Waals surface area contributed by atoms with Crippen LogP contribution in [-0.4, -0.2) is 19.9 Å². The lowest BCUT2D eigenvalue weighted by molar-refractivity contribution is -0.137. The topological polar surface area (TPSA) is 42.9 Å². The molecule has 124 valence electrons. The van der Waals surface area contributed by atoms with Crippen molar-refractivity contribution in [3.63, 3.8) is 0 Å². The van der Waals surface area contributed by atoms with E-state index in [-0.39, 0.29) is 5.52 Å². The molecule has 0 radical (unpaired) electrons. The molecule has 0 unspecified atom stereocenters. The lowest BCUT2D eigenvalue weighted by Crippen LogP contribution is -2.05. The Hall–Kier alpha value is -2.28. The third kappa shape index (κ3) is 3.17. The molecule has 0 spiro atoms. The summed E-state index contributed by atoms with van der Waals surface area (Å²) < 4.78 is 50.4. The number of benzene rings is 2. The SMILES string of the molecule is CC[S@](=O)c1ccccc1-c1cnc2cc(C(F)(F)F)ccc2n1. The van der Waals surface area contributed by atoms with Gasteiger partial charge >= 0.3 is 6.18 Å². The summed E-state index contributed by atoms with van der Waals surface area (Å²) in [5.74, 6) is 0.465. The summed E-state index contributed by atoms with van der Waals surface area (Å²) in [6, 6.07) is 10.4. The number of nitrogens with zero attached hydrogens (tertiary/aromatic N) is 2. The molecule has 0 bridgehead atoms. The Bertz CT molecular complexity index is 925. The summed E-state index contributed by atoms with van der Waals surface area (Å²) in [6.45, 7) is 1.82. The fraction of sp³-hybridized carbons (Fsp3) is 0.176. The number of halogens is 3. The maximum absolute atomic E-state index is 12.8. The minimum atomic E-state index is -4.42. The molecular weight excluding hydrogens is 337 g/mol. The van der Waals surface area contributed by atoms with Crippen LogP contribution in [0.15, 0.2) is 53.6 Å². The van der Waals surface area contributed by atoms with Crippen LogP contribution in [0.25, 0.3) is 22.3 Å². The molecule has 7 heteroatoms. The van der Waals surface area contributed by atoms with E-state index in [1.54, 1.807) is 24.3 Å². The van der Waals surface area contributed by atoms with Crippen LogP contribution in [0.5, 0.6) is 0 Å². The van der Waals surface area contributed by atoms with Gasteiger partial charge in [-0.1, -0.05) is 25.1 Å². The number of hydrogen-bond donors (Lipinski definition) is 0. The Morgan fingerprint density at radius 2 is 1.83 bits per heavy atom. The van der Waals surface area contributed by atoms with Crippen molar-refractivity contribution >= 4 is 21.8 Å². The summed E-state index contributed by atoms with van der Waals surface area (Å²) >= 11 is 0. The van der Waals surface area contributed by atoms with E-state index < -0.39 is 22.5 Å². The molecule has 1 aromatic heterocycles. The number of alkyl halides is 3. The molecule has 1 atom stereocenters. The quantitative estimate of drug-likeness (QED) is 0.701. The third-order valence-corrected chi connectivity index (χ3v) is 4.91. The lowest BCUT2D eigenvalue weighted by Gasteiger charge is -2.10. The van der Waals surface area contributed by atoms with Gasteiger partial charge in [0.25, 0.3) is 0 Å². The predicted molar refractivity (Wildman–Crippen MR) is 86.9 cm³/mol. The second-order valence-electron chi connectivity index (χ2n) is 5.09. The van der Waals surface area contributed by atoms with E-state index in [0.29, 0.717) is 27.4 Å². The summed E-state index contributed by atoms with van der Waals surface area (Å²) in [4.78, 5) is 9.12. The average molecular weight is 350 g/mol. The van der Waals surface area contributed by atoms with Crippen molar-refractivity contribution in [2.75, 3.05) is 5.75 Å². The Morgan fingerprint density at radius 3 is 2.54 bits per heavy atom. The molecular formula is C17H13F3N2OS. The first kappa shape index (κ1) is 16.6. The van der Waals surface area contributed by atoms with E-state index >= 15 is 0 Å². The Morgan fingerprint density at radius 1 is 1.08 bits per heavy atom. The van der Waals surface area contributed by atoms with Gasteiger partial charge in [-0.3, -0.25) is 9.19 Å². The van der Waals surface area contributed by atoms with Crippen LogP contribution in [0.2, 0.25) is 0 Å². The second kappa shape index (κ2) is 6.32. The molecule has 1 heterocycles. The number of hydrogen-bond acceptors (Lipinski definition) is 3. The van der Waals surface area contributed by atoms with Crippen LogP contribution >= 0.6 is 0 Å². The maximum atomic E-state index is 12.8. The van der Waals surface area contributed by atoms with E-state index in [4.69, 9.17) is 0 Å². The van der Waals surface area contributed by atoms with Gasteiger partial charge in [-0.2, -0.15) is 13.2 Å². The molecule has 0 saturated heterocycles. The zero-order chi connectivity index (χ0) is 17.3. The van der Waals surface area contributed by atoms with E-state index in [1.807, 2.05) is 6.92 Å². The number of aromatic nitrogens is 2. The predicted octanol–water partition coefficient (Wildman–Crippen LogP) is 4.44. The van der Waals surface area contributed by atoms with Gasteiger partial charge in [-0.25, -0.2) is 4.98 Å². The molecule has 0 aliphatic rings. The molecule has 0 amide bonds. The summed E-state index contributed by atoms with van der Waals surface area (Å²) in [5, 5.41) is 0. The maximum Gasteiger partial charge on any atom is 0.416 e. The smallest absolute Gasteiger partial charge is 0.254 e. The molecule has 2 aromatic carbocycles. The first-order valence-electron chi connectivity index (χ1n) is 7.22. The number of fused-ring (bicyclic) bond motifs is 1. The molecule has 0 saturated carbocycles. The zero-order valence-corrected chi connectivity index (χ0v) is 13.5. The van der Waals surface area contributed by atoms with Crippen LogP contribution in [0.1, 0.15) is 12.5 Å². The average Bonchev–Trinajstić information content (AvgIpc) is 2.59. The third-order valence-electron chi connectivity index (χ3n) is 3.54. The van der Waals surface area contributed by atoms with Gasteiger partial charge in [0, 0.05) is 16.2 Å². The minimum Gasteiger partial charge on any atom is -0.254 e. The summed E-state index contributed by atoms with van der Waals surface area (Å²) in [6.07, 6.45) is -3.01. The Labute approximate surface area is 139 Å². The summed E-state index contributed by atoms with van der Waals surface area (Å²) in [7, 11) is -1.17. The second-order valence-corrected chi connectivity index (χ2v) is 6.80. The van der Waals surface area contributed by atoms with Gasteiger partial charge in [-0.15, -0.1) is 0 Å². The van der Waals surface area contributed by atoms with Crippen molar-refractivity contribution in [2.24, 2.45) is 0 Å². The molecule has 3 aromatic rings. The molecule has 3 nitrogen and oxygen atoms in total. The van der Waals surface area contributed by atoms with Gasteiger partial charge in [0.2, 0.25) is 0 Å². The lowest BCUT2D eigenvalue weighted by atomic mass is 10.1. The van der Waals surface area contributed by atoms with Gasteiger partial charge < -0.3 is 0 Å². The summed E-state index contributed by atoms with van der Waals surface area (Å²) in [5.41, 5.74) is 0.927.